The number of rotatable bonds is 6. The molecule has 0 bridgehead atoms. The summed E-state index contributed by atoms with van der Waals surface area (Å²) in [4.78, 5) is 13.0. The van der Waals surface area contributed by atoms with E-state index in [1.54, 1.807) is 23.3 Å². The SMILES string of the molecule is C[C@@H](c1cccnc1)n1ncc2ncc(Nc3cc(OC(F)F)[nH]n3)nc21. The molecule has 4 aromatic rings. The Balaban J connectivity index is 1.61. The van der Waals surface area contributed by atoms with Crippen molar-refractivity contribution in [1.29, 1.82) is 0 Å². The maximum absolute atomic E-state index is 12.2. The third-order valence-corrected chi connectivity index (χ3v) is 3.86. The van der Waals surface area contributed by atoms with Crippen molar-refractivity contribution in [2.24, 2.45) is 0 Å². The maximum Gasteiger partial charge on any atom is 0.388 e. The van der Waals surface area contributed by atoms with Gasteiger partial charge in [0, 0.05) is 18.5 Å². The molecule has 4 rings (SSSR count). The van der Waals surface area contributed by atoms with Crippen LogP contribution in [0.2, 0.25) is 0 Å². The van der Waals surface area contributed by atoms with Gasteiger partial charge in [-0.1, -0.05) is 6.07 Å². The molecule has 138 valence electrons. The molecule has 4 aromatic heterocycles. The molecule has 0 saturated heterocycles. The first kappa shape index (κ1) is 16.8. The van der Waals surface area contributed by atoms with Gasteiger partial charge in [0.2, 0.25) is 5.88 Å². The zero-order valence-electron chi connectivity index (χ0n) is 14.0. The van der Waals surface area contributed by atoms with Crippen LogP contribution in [0.1, 0.15) is 18.5 Å². The van der Waals surface area contributed by atoms with E-state index in [0.29, 0.717) is 17.0 Å². The molecule has 0 radical (unpaired) electrons. The van der Waals surface area contributed by atoms with Gasteiger partial charge in [-0.15, -0.1) is 0 Å². The highest BCUT2D eigenvalue weighted by molar-refractivity contribution is 5.72. The summed E-state index contributed by atoms with van der Waals surface area (Å²) >= 11 is 0. The van der Waals surface area contributed by atoms with Gasteiger partial charge in [-0.3, -0.25) is 4.98 Å². The van der Waals surface area contributed by atoms with E-state index in [2.05, 4.69) is 40.3 Å². The van der Waals surface area contributed by atoms with Crippen LogP contribution in [-0.2, 0) is 0 Å². The minimum atomic E-state index is -2.93. The normalized spacial score (nSPS) is 12.4. The largest absolute Gasteiger partial charge is 0.417 e. The average molecular weight is 372 g/mol. The number of fused-ring (bicyclic) bond motifs is 1. The van der Waals surface area contributed by atoms with Gasteiger partial charge in [-0.05, 0) is 18.6 Å². The van der Waals surface area contributed by atoms with Gasteiger partial charge in [-0.2, -0.15) is 19.0 Å². The first-order chi connectivity index (χ1) is 13.1. The number of hydrogen-bond donors (Lipinski definition) is 2. The number of aromatic nitrogens is 7. The monoisotopic (exact) mass is 372 g/mol. The molecule has 0 fully saturated rings. The topological polar surface area (TPSA) is 106 Å². The number of halogens is 2. The van der Waals surface area contributed by atoms with Crippen LogP contribution in [0.4, 0.5) is 20.4 Å². The van der Waals surface area contributed by atoms with Gasteiger partial charge in [0.05, 0.1) is 18.4 Å². The van der Waals surface area contributed by atoms with Gasteiger partial charge in [0.1, 0.15) is 5.52 Å². The number of alkyl halides is 2. The lowest BCUT2D eigenvalue weighted by atomic mass is 10.1. The van der Waals surface area contributed by atoms with Crippen LogP contribution >= 0.6 is 0 Å². The Labute approximate surface area is 151 Å². The zero-order valence-corrected chi connectivity index (χ0v) is 14.0. The van der Waals surface area contributed by atoms with Crippen molar-refractivity contribution in [2.75, 3.05) is 5.32 Å². The van der Waals surface area contributed by atoms with E-state index < -0.39 is 6.61 Å². The number of pyridine rings is 1. The molecule has 11 heteroatoms. The second-order valence-corrected chi connectivity index (χ2v) is 5.64. The van der Waals surface area contributed by atoms with Crippen molar-refractivity contribution < 1.29 is 13.5 Å². The zero-order chi connectivity index (χ0) is 18.8. The number of nitrogens with one attached hydrogen (secondary N) is 2. The molecule has 0 unspecified atom stereocenters. The van der Waals surface area contributed by atoms with E-state index in [4.69, 9.17) is 0 Å². The van der Waals surface area contributed by atoms with Crippen molar-refractivity contribution >= 4 is 22.8 Å². The molecular formula is C16H14F2N8O. The second-order valence-electron chi connectivity index (χ2n) is 5.64. The molecular weight excluding hydrogens is 358 g/mol. The van der Waals surface area contributed by atoms with Crippen molar-refractivity contribution in [3.8, 4) is 5.88 Å². The van der Waals surface area contributed by atoms with Gasteiger partial charge < -0.3 is 10.1 Å². The van der Waals surface area contributed by atoms with Gasteiger partial charge in [0.25, 0.3) is 0 Å². The summed E-state index contributed by atoms with van der Waals surface area (Å²) in [6.45, 7) is -0.954. The number of ether oxygens (including phenoxy) is 1. The lowest BCUT2D eigenvalue weighted by Crippen LogP contribution is -2.10. The first-order valence-corrected chi connectivity index (χ1v) is 7.97. The minimum Gasteiger partial charge on any atom is -0.417 e. The Bertz CT molecular complexity index is 1050. The molecule has 0 aliphatic heterocycles. The third kappa shape index (κ3) is 3.52. The van der Waals surface area contributed by atoms with Gasteiger partial charge in [-0.25, -0.2) is 19.7 Å². The standard InChI is InChI=1S/C16H14F2N8O/c1-9(10-3-2-4-19-6-10)26-15-11(7-21-26)20-8-13(23-15)22-12-5-14(25-24-12)27-16(17)18/h2-9,16H,1H3,(H2,22,23,24,25)/t9-/m0/s1. The fourth-order valence-electron chi connectivity index (χ4n) is 2.58. The quantitative estimate of drug-likeness (QED) is 0.536. The molecule has 0 spiro atoms. The summed E-state index contributed by atoms with van der Waals surface area (Å²) < 4.78 is 30.4. The molecule has 0 aliphatic rings. The molecule has 0 aromatic carbocycles. The number of aromatic amines is 1. The highest BCUT2D eigenvalue weighted by Gasteiger charge is 2.15. The molecule has 4 heterocycles. The Morgan fingerprint density at radius 2 is 2.11 bits per heavy atom. The number of H-pyrrole nitrogens is 1. The number of nitrogens with zero attached hydrogens (tertiary/aromatic N) is 6. The van der Waals surface area contributed by atoms with E-state index in [0.717, 1.165) is 5.56 Å². The van der Waals surface area contributed by atoms with Crippen molar-refractivity contribution in [1.82, 2.24) is 34.9 Å². The Morgan fingerprint density at radius 1 is 1.22 bits per heavy atom. The Morgan fingerprint density at radius 3 is 2.89 bits per heavy atom. The van der Waals surface area contributed by atoms with Crippen molar-refractivity contribution in [3.63, 3.8) is 0 Å². The summed E-state index contributed by atoms with van der Waals surface area (Å²) in [6.07, 6.45) is 6.60. The highest BCUT2D eigenvalue weighted by atomic mass is 19.3. The van der Waals surface area contributed by atoms with Crippen LogP contribution in [0.15, 0.2) is 43.0 Å². The van der Waals surface area contributed by atoms with E-state index in [1.165, 1.54) is 12.3 Å². The summed E-state index contributed by atoms with van der Waals surface area (Å²) in [7, 11) is 0. The van der Waals surface area contributed by atoms with Gasteiger partial charge in [0.15, 0.2) is 17.3 Å². The van der Waals surface area contributed by atoms with Crippen LogP contribution in [0, 0.1) is 0 Å². The third-order valence-electron chi connectivity index (χ3n) is 3.86. The molecule has 0 saturated carbocycles. The second kappa shape index (κ2) is 6.94. The predicted octanol–water partition coefficient (Wildman–Crippen LogP) is 2.90. The molecule has 2 N–H and O–H groups in total. The van der Waals surface area contributed by atoms with Crippen molar-refractivity contribution in [2.45, 2.75) is 19.6 Å². The van der Waals surface area contributed by atoms with Crippen LogP contribution in [-0.4, -0.2) is 41.5 Å². The van der Waals surface area contributed by atoms with Crippen molar-refractivity contribution in [3.05, 3.63) is 48.5 Å². The van der Waals surface area contributed by atoms with Crippen LogP contribution < -0.4 is 10.1 Å². The van der Waals surface area contributed by atoms with Crippen LogP contribution in [0.3, 0.4) is 0 Å². The summed E-state index contributed by atoms with van der Waals surface area (Å²) in [5.74, 6) is 0.500. The first-order valence-electron chi connectivity index (χ1n) is 7.97. The average Bonchev–Trinajstić information content (AvgIpc) is 3.28. The fraction of sp³-hybridized carbons (Fsp3) is 0.188. The summed E-state index contributed by atoms with van der Waals surface area (Å²) in [5, 5.41) is 13.5. The lowest BCUT2D eigenvalue weighted by Gasteiger charge is -2.13. The van der Waals surface area contributed by atoms with E-state index in [1.807, 2.05) is 19.1 Å². The molecule has 27 heavy (non-hydrogen) atoms. The number of hydrogen-bond acceptors (Lipinski definition) is 7. The summed E-state index contributed by atoms with van der Waals surface area (Å²) in [5.41, 5.74) is 2.17. The van der Waals surface area contributed by atoms with E-state index in [9.17, 15) is 8.78 Å². The molecule has 0 aliphatic carbocycles. The smallest absolute Gasteiger partial charge is 0.388 e. The van der Waals surface area contributed by atoms with Crippen LogP contribution in [0.5, 0.6) is 5.88 Å². The fourth-order valence-corrected chi connectivity index (χ4v) is 2.58. The highest BCUT2D eigenvalue weighted by Crippen LogP contribution is 2.23. The summed E-state index contributed by atoms with van der Waals surface area (Å²) in [6, 6.07) is 5.01. The maximum atomic E-state index is 12.2. The number of anilines is 2. The van der Waals surface area contributed by atoms with E-state index >= 15 is 0 Å². The van der Waals surface area contributed by atoms with E-state index in [-0.39, 0.29) is 17.7 Å². The lowest BCUT2D eigenvalue weighted by molar-refractivity contribution is -0.0528. The molecule has 0 amide bonds. The van der Waals surface area contributed by atoms with Gasteiger partial charge >= 0.3 is 6.61 Å². The minimum absolute atomic E-state index is 0.0998. The molecule has 9 nitrogen and oxygen atoms in total. The van der Waals surface area contributed by atoms with Crippen LogP contribution in [0.25, 0.3) is 11.2 Å². The Hall–Kier alpha value is -3.63. The Kier molecular flexibility index (Phi) is 4.32. The molecule has 1 atom stereocenters. The predicted molar refractivity (Wildman–Crippen MR) is 91.9 cm³/mol.